The van der Waals surface area contributed by atoms with Gasteiger partial charge < -0.3 is 11.1 Å². The van der Waals surface area contributed by atoms with E-state index < -0.39 is 0 Å². The SMILES string of the molecule is CCCNC1(CN)CCC(C)(C)CC1. The van der Waals surface area contributed by atoms with Gasteiger partial charge in [-0.15, -0.1) is 0 Å². The van der Waals surface area contributed by atoms with Crippen molar-refractivity contribution in [3.05, 3.63) is 0 Å². The fourth-order valence-electron chi connectivity index (χ4n) is 2.25. The van der Waals surface area contributed by atoms with Crippen LogP contribution in [0, 0.1) is 5.41 Å². The zero-order valence-corrected chi connectivity index (χ0v) is 10.0. The van der Waals surface area contributed by atoms with Crippen molar-refractivity contribution in [2.75, 3.05) is 13.1 Å². The first-order valence-corrected chi connectivity index (χ1v) is 5.99. The van der Waals surface area contributed by atoms with Crippen molar-refractivity contribution in [1.29, 1.82) is 0 Å². The van der Waals surface area contributed by atoms with Crippen LogP contribution in [0.5, 0.6) is 0 Å². The summed E-state index contributed by atoms with van der Waals surface area (Å²) in [5.41, 5.74) is 6.69. The van der Waals surface area contributed by atoms with Crippen LogP contribution in [0.25, 0.3) is 0 Å². The molecule has 1 aliphatic carbocycles. The summed E-state index contributed by atoms with van der Waals surface area (Å²) >= 11 is 0. The molecule has 1 saturated carbocycles. The van der Waals surface area contributed by atoms with Gasteiger partial charge in [0.15, 0.2) is 0 Å². The number of rotatable bonds is 4. The molecule has 0 aromatic rings. The highest BCUT2D eigenvalue weighted by molar-refractivity contribution is 4.95. The first-order valence-electron chi connectivity index (χ1n) is 5.99. The number of nitrogens with two attached hydrogens (primary N) is 1. The summed E-state index contributed by atoms with van der Waals surface area (Å²) in [6.45, 7) is 8.85. The largest absolute Gasteiger partial charge is 0.329 e. The summed E-state index contributed by atoms with van der Waals surface area (Å²) in [4.78, 5) is 0. The molecule has 84 valence electrons. The molecule has 0 aromatic carbocycles. The third-order valence-corrected chi connectivity index (χ3v) is 3.70. The summed E-state index contributed by atoms with van der Waals surface area (Å²) in [6, 6.07) is 0. The lowest BCUT2D eigenvalue weighted by Gasteiger charge is -2.43. The number of nitrogens with one attached hydrogen (secondary N) is 1. The number of hydrogen-bond donors (Lipinski definition) is 2. The molecule has 0 heterocycles. The van der Waals surface area contributed by atoms with Gasteiger partial charge in [-0.2, -0.15) is 0 Å². The second kappa shape index (κ2) is 4.63. The third kappa shape index (κ3) is 2.96. The van der Waals surface area contributed by atoms with Crippen molar-refractivity contribution in [2.45, 2.75) is 58.4 Å². The minimum Gasteiger partial charge on any atom is -0.329 e. The molecule has 2 nitrogen and oxygen atoms in total. The molecule has 0 radical (unpaired) electrons. The zero-order chi connectivity index (χ0) is 10.7. The summed E-state index contributed by atoms with van der Waals surface area (Å²) in [7, 11) is 0. The highest BCUT2D eigenvalue weighted by atomic mass is 15.0. The van der Waals surface area contributed by atoms with E-state index in [1.165, 1.54) is 32.1 Å². The fourth-order valence-corrected chi connectivity index (χ4v) is 2.25. The van der Waals surface area contributed by atoms with Crippen molar-refractivity contribution in [1.82, 2.24) is 5.32 Å². The highest BCUT2D eigenvalue weighted by Crippen LogP contribution is 2.39. The van der Waals surface area contributed by atoms with Crippen LogP contribution >= 0.6 is 0 Å². The average Bonchev–Trinajstić information content (AvgIpc) is 2.18. The van der Waals surface area contributed by atoms with Crippen LogP contribution in [0.1, 0.15) is 52.9 Å². The first kappa shape index (κ1) is 12.0. The van der Waals surface area contributed by atoms with Crippen LogP contribution in [-0.2, 0) is 0 Å². The van der Waals surface area contributed by atoms with E-state index in [1.807, 2.05) is 0 Å². The molecule has 1 fully saturated rings. The molecule has 1 rings (SSSR count). The molecule has 0 atom stereocenters. The molecular formula is C12H26N2. The van der Waals surface area contributed by atoms with Crippen molar-refractivity contribution >= 4 is 0 Å². The van der Waals surface area contributed by atoms with Crippen molar-refractivity contribution in [2.24, 2.45) is 11.1 Å². The molecule has 0 bridgehead atoms. The van der Waals surface area contributed by atoms with E-state index in [0.29, 0.717) is 5.41 Å². The molecule has 0 amide bonds. The van der Waals surface area contributed by atoms with Crippen molar-refractivity contribution in [3.8, 4) is 0 Å². The van der Waals surface area contributed by atoms with Crippen LogP contribution in [0.2, 0.25) is 0 Å². The lowest BCUT2D eigenvalue weighted by atomic mass is 9.69. The predicted octanol–water partition coefficient (Wildman–Crippen LogP) is 2.28. The minimum atomic E-state index is 0.255. The van der Waals surface area contributed by atoms with E-state index in [0.717, 1.165) is 13.1 Å². The molecular weight excluding hydrogens is 172 g/mol. The Bertz CT molecular complexity index is 165. The topological polar surface area (TPSA) is 38.0 Å². The Hall–Kier alpha value is -0.0800. The Morgan fingerprint density at radius 2 is 1.71 bits per heavy atom. The van der Waals surface area contributed by atoms with Gasteiger partial charge in [0.05, 0.1) is 0 Å². The standard InChI is InChI=1S/C12H26N2/c1-4-9-14-12(10-13)7-5-11(2,3)6-8-12/h14H,4-10,13H2,1-3H3. The van der Waals surface area contributed by atoms with Crippen molar-refractivity contribution < 1.29 is 0 Å². The van der Waals surface area contributed by atoms with Crippen LogP contribution in [0.3, 0.4) is 0 Å². The Morgan fingerprint density at radius 1 is 1.14 bits per heavy atom. The lowest BCUT2D eigenvalue weighted by Crippen LogP contribution is -2.54. The molecule has 0 aromatic heterocycles. The maximum atomic E-state index is 5.91. The summed E-state index contributed by atoms with van der Waals surface area (Å²) in [5, 5.41) is 3.65. The summed E-state index contributed by atoms with van der Waals surface area (Å²) in [5.74, 6) is 0. The fraction of sp³-hybridized carbons (Fsp3) is 1.00. The molecule has 0 aliphatic heterocycles. The van der Waals surface area contributed by atoms with Gasteiger partial charge in [0, 0.05) is 12.1 Å². The summed E-state index contributed by atoms with van der Waals surface area (Å²) in [6.07, 6.45) is 6.31. The number of hydrogen-bond acceptors (Lipinski definition) is 2. The molecule has 14 heavy (non-hydrogen) atoms. The molecule has 1 aliphatic rings. The van der Waals surface area contributed by atoms with Gasteiger partial charge in [0.1, 0.15) is 0 Å². The zero-order valence-electron chi connectivity index (χ0n) is 10.0. The Kier molecular flexibility index (Phi) is 3.96. The van der Waals surface area contributed by atoms with Crippen LogP contribution in [0.15, 0.2) is 0 Å². The van der Waals surface area contributed by atoms with E-state index in [9.17, 15) is 0 Å². The second-order valence-corrected chi connectivity index (χ2v) is 5.58. The van der Waals surface area contributed by atoms with Crippen molar-refractivity contribution in [3.63, 3.8) is 0 Å². The Labute approximate surface area is 88.6 Å². The summed E-state index contributed by atoms with van der Waals surface area (Å²) < 4.78 is 0. The second-order valence-electron chi connectivity index (χ2n) is 5.58. The average molecular weight is 198 g/mol. The molecule has 3 N–H and O–H groups in total. The monoisotopic (exact) mass is 198 g/mol. The molecule has 2 heteroatoms. The smallest absolute Gasteiger partial charge is 0.0304 e. The van der Waals surface area contributed by atoms with E-state index in [2.05, 4.69) is 26.1 Å². The van der Waals surface area contributed by atoms with Crippen LogP contribution in [-0.4, -0.2) is 18.6 Å². The molecule has 0 unspecified atom stereocenters. The normalized spacial score (nSPS) is 24.9. The van der Waals surface area contributed by atoms with E-state index in [1.54, 1.807) is 0 Å². The van der Waals surface area contributed by atoms with E-state index in [-0.39, 0.29) is 5.54 Å². The minimum absolute atomic E-state index is 0.255. The van der Waals surface area contributed by atoms with Crippen LogP contribution in [0.4, 0.5) is 0 Å². The lowest BCUT2D eigenvalue weighted by molar-refractivity contribution is 0.140. The van der Waals surface area contributed by atoms with Gasteiger partial charge in [-0.25, -0.2) is 0 Å². The third-order valence-electron chi connectivity index (χ3n) is 3.70. The van der Waals surface area contributed by atoms with Crippen LogP contribution < -0.4 is 11.1 Å². The quantitative estimate of drug-likeness (QED) is 0.727. The maximum Gasteiger partial charge on any atom is 0.0304 e. The van der Waals surface area contributed by atoms with Gasteiger partial charge in [0.2, 0.25) is 0 Å². The Balaban J connectivity index is 2.48. The van der Waals surface area contributed by atoms with Gasteiger partial charge in [-0.3, -0.25) is 0 Å². The molecule has 0 saturated heterocycles. The highest BCUT2D eigenvalue weighted by Gasteiger charge is 2.36. The molecule has 0 spiro atoms. The first-order chi connectivity index (χ1) is 6.54. The van der Waals surface area contributed by atoms with Gasteiger partial charge >= 0.3 is 0 Å². The maximum absolute atomic E-state index is 5.91. The van der Waals surface area contributed by atoms with Gasteiger partial charge in [-0.1, -0.05) is 20.8 Å². The van der Waals surface area contributed by atoms with E-state index in [4.69, 9.17) is 5.73 Å². The predicted molar refractivity (Wildman–Crippen MR) is 62.3 cm³/mol. The Morgan fingerprint density at radius 3 is 2.14 bits per heavy atom. The van der Waals surface area contributed by atoms with Gasteiger partial charge in [0.25, 0.3) is 0 Å². The van der Waals surface area contributed by atoms with Gasteiger partial charge in [-0.05, 0) is 44.1 Å². The van der Waals surface area contributed by atoms with E-state index >= 15 is 0 Å².